The summed E-state index contributed by atoms with van der Waals surface area (Å²) in [5, 5.41) is 9.20. The lowest BCUT2D eigenvalue weighted by Gasteiger charge is -2.08. The first kappa shape index (κ1) is 12.8. The fraction of sp³-hybridized carbons (Fsp3) is 0.364. The second kappa shape index (κ2) is 5.72. The van der Waals surface area contributed by atoms with Crippen molar-refractivity contribution in [2.24, 2.45) is 0 Å². The molecule has 0 fully saturated rings. The van der Waals surface area contributed by atoms with Gasteiger partial charge in [-0.15, -0.1) is 0 Å². The summed E-state index contributed by atoms with van der Waals surface area (Å²) in [6.07, 6.45) is -0.102. The van der Waals surface area contributed by atoms with Gasteiger partial charge in [0.2, 0.25) is 0 Å². The molecule has 1 aromatic carbocycles. The lowest BCUT2D eigenvalue weighted by atomic mass is 10.2. The third-order valence-electron chi connectivity index (χ3n) is 2.02. The van der Waals surface area contributed by atoms with E-state index in [0.717, 1.165) is 0 Å². The van der Waals surface area contributed by atoms with Gasteiger partial charge in [0.25, 0.3) is 0 Å². The third kappa shape index (κ3) is 3.40. The maximum Gasteiger partial charge on any atom is 0.339 e. The van der Waals surface area contributed by atoms with Gasteiger partial charge in [0.15, 0.2) is 0 Å². The lowest BCUT2D eigenvalue weighted by Crippen LogP contribution is -2.11. The molecule has 0 saturated carbocycles. The van der Waals surface area contributed by atoms with Gasteiger partial charge in [-0.1, -0.05) is 17.7 Å². The van der Waals surface area contributed by atoms with Crippen LogP contribution in [0.15, 0.2) is 18.2 Å². The summed E-state index contributed by atoms with van der Waals surface area (Å²) in [5.74, 6) is -0.530. The monoisotopic (exact) mass is 243 g/mol. The fourth-order valence-electron chi connectivity index (χ4n) is 1.11. The quantitative estimate of drug-likeness (QED) is 0.625. The van der Waals surface area contributed by atoms with Crippen molar-refractivity contribution in [3.8, 4) is 0 Å². The zero-order valence-corrected chi connectivity index (χ0v) is 9.70. The van der Waals surface area contributed by atoms with E-state index in [9.17, 15) is 4.79 Å². The SMILES string of the molecule is CC(O)CCOC(=O)c1cccc(N)c1Cl. The van der Waals surface area contributed by atoms with Crippen molar-refractivity contribution in [3.05, 3.63) is 28.8 Å². The van der Waals surface area contributed by atoms with E-state index in [-0.39, 0.29) is 17.2 Å². The number of rotatable bonds is 4. The van der Waals surface area contributed by atoms with E-state index < -0.39 is 12.1 Å². The van der Waals surface area contributed by atoms with Crippen LogP contribution in [0, 0.1) is 0 Å². The minimum absolute atomic E-state index is 0.154. The van der Waals surface area contributed by atoms with Gasteiger partial charge in [-0.05, 0) is 19.1 Å². The highest BCUT2D eigenvalue weighted by molar-refractivity contribution is 6.36. The average Bonchev–Trinajstić information content (AvgIpc) is 2.21. The summed E-state index contributed by atoms with van der Waals surface area (Å²) in [4.78, 5) is 11.6. The number of aliphatic hydroxyl groups is 1. The van der Waals surface area contributed by atoms with Crippen LogP contribution in [0.1, 0.15) is 23.7 Å². The number of esters is 1. The summed E-state index contributed by atoms with van der Waals surface area (Å²) in [6, 6.07) is 4.78. The van der Waals surface area contributed by atoms with E-state index in [2.05, 4.69) is 0 Å². The van der Waals surface area contributed by atoms with Crippen LogP contribution in [0.25, 0.3) is 0 Å². The average molecular weight is 244 g/mol. The highest BCUT2D eigenvalue weighted by atomic mass is 35.5. The van der Waals surface area contributed by atoms with Crippen molar-refractivity contribution in [2.45, 2.75) is 19.4 Å². The van der Waals surface area contributed by atoms with Gasteiger partial charge in [-0.25, -0.2) is 4.79 Å². The number of nitrogen functional groups attached to an aromatic ring is 1. The number of carbonyl (C=O) groups excluding carboxylic acids is 1. The molecule has 0 spiro atoms. The van der Waals surface area contributed by atoms with Crippen LogP contribution in [0.2, 0.25) is 5.02 Å². The first-order valence-electron chi connectivity index (χ1n) is 4.91. The number of hydrogen-bond donors (Lipinski definition) is 2. The van der Waals surface area contributed by atoms with Crippen molar-refractivity contribution in [1.29, 1.82) is 0 Å². The van der Waals surface area contributed by atoms with Gasteiger partial charge in [0.05, 0.1) is 29.0 Å². The van der Waals surface area contributed by atoms with Gasteiger partial charge >= 0.3 is 5.97 Å². The minimum Gasteiger partial charge on any atom is -0.462 e. The van der Waals surface area contributed by atoms with Crippen LogP contribution in [0.4, 0.5) is 5.69 Å². The van der Waals surface area contributed by atoms with E-state index in [1.165, 1.54) is 0 Å². The van der Waals surface area contributed by atoms with E-state index in [1.54, 1.807) is 25.1 Å². The molecular weight excluding hydrogens is 230 g/mol. The molecule has 0 aliphatic heterocycles. The molecule has 16 heavy (non-hydrogen) atoms. The second-order valence-electron chi connectivity index (χ2n) is 3.48. The van der Waals surface area contributed by atoms with Gasteiger partial charge < -0.3 is 15.6 Å². The number of ether oxygens (including phenoxy) is 1. The summed E-state index contributed by atoms with van der Waals surface area (Å²) in [7, 11) is 0. The van der Waals surface area contributed by atoms with Crippen molar-refractivity contribution in [2.75, 3.05) is 12.3 Å². The predicted molar refractivity (Wildman–Crippen MR) is 62.4 cm³/mol. The van der Waals surface area contributed by atoms with Crippen LogP contribution in [-0.2, 0) is 4.74 Å². The number of nitrogens with two attached hydrogens (primary N) is 1. The molecule has 4 nitrogen and oxygen atoms in total. The molecule has 1 aromatic rings. The summed E-state index contributed by atoms with van der Waals surface area (Å²) < 4.78 is 4.94. The standard InChI is InChI=1S/C11H14ClNO3/c1-7(14)5-6-16-11(15)8-3-2-4-9(13)10(8)12/h2-4,7,14H,5-6,13H2,1H3. The summed E-state index contributed by atoms with van der Waals surface area (Å²) >= 11 is 5.85. The Morgan fingerprint density at radius 1 is 1.62 bits per heavy atom. The van der Waals surface area contributed by atoms with Crippen LogP contribution < -0.4 is 5.73 Å². The lowest BCUT2D eigenvalue weighted by molar-refractivity contribution is 0.0444. The van der Waals surface area contributed by atoms with Crippen LogP contribution in [0.5, 0.6) is 0 Å². The Balaban J connectivity index is 2.63. The van der Waals surface area contributed by atoms with Gasteiger partial charge in [0, 0.05) is 6.42 Å². The van der Waals surface area contributed by atoms with Gasteiger partial charge in [-0.3, -0.25) is 0 Å². The fourth-order valence-corrected chi connectivity index (χ4v) is 1.31. The molecule has 0 aromatic heterocycles. The molecule has 0 heterocycles. The van der Waals surface area contributed by atoms with Crippen LogP contribution in [-0.4, -0.2) is 23.8 Å². The molecule has 0 aliphatic carbocycles. The normalized spacial score (nSPS) is 12.2. The molecule has 3 N–H and O–H groups in total. The molecule has 0 amide bonds. The molecular formula is C11H14ClNO3. The first-order valence-corrected chi connectivity index (χ1v) is 5.29. The Labute approximate surface area is 99.0 Å². The minimum atomic E-state index is -0.530. The zero-order chi connectivity index (χ0) is 12.1. The van der Waals surface area contributed by atoms with Crippen molar-refractivity contribution < 1.29 is 14.6 Å². The molecule has 0 aliphatic rings. The maximum atomic E-state index is 11.6. The van der Waals surface area contributed by atoms with Gasteiger partial charge in [0.1, 0.15) is 0 Å². The van der Waals surface area contributed by atoms with Crippen LogP contribution in [0.3, 0.4) is 0 Å². The Kier molecular flexibility index (Phi) is 4.58. The molecule has 0 bridgehead atoms. The Morgan fingerprint density at radius 3 is 2.94 bits per heavy atom. The molecule has 0 saturated heterocycles. The largest absolute Gasteiger partial charge is 0.462 e. The van der Waals surface area contributed by atoms with E-state index >= 15 is 0 Å². The summed E-state index contributed by atoms with van der Waals surface area (Å²) in [5.41, 5.74) is 6.14. The predicted octanol–water partition coefficient (Wildman–Crippen LogP) is 1.85. The number of halogens is 1. The summed E-state index contributed by atoms with van der Waals surface area (Å²) in [6.45, 7) is 1.78. The van der Waals surface area contributed by atoms with Crippen molar-refractivity contribution >= 4 is 23.3 Å². The molecule has 1 rings (SSSR count). The number of anilines is 1. The molecule has 88 valence electrons. The number of benzene rings is 1. The number of hydrogen-bond acceptors (Lipinski definition) is 4. The van der Waals surface area contributed by atoms with Gasteiger partial charge in [-0.2, -0.15) is 0 Å². The van der Waals surface area contributed by atoms with E-state index in [1.807, 2.05) is 0 Å². The Bertz CT molecular complexity index is 379. The highest BCUT2D eigenvalue weighted by Gasteiger charge is 2.13. The highest BCUT2D eigenvalue weighted by Crippen LogP contribution is 2.23. The van der Waals surface area contributed by atoms with E-state index in [4.69, 9.17) is 27.2 Å². The van der Waals surface area contributed by atoms with Crippen molar-refractivity contribution in [1.82, 2.24) is 0 Å². The topological polar surface area (TPSA) is 72.5 Å². The molecule has 1 atom stereocenters. The Morgan fingerprint density at radius 2 is 2.31 bits per heavy atom. The number of carbonyl (C=O) groups is 1. The molecule has 5 heteroatoms. The Hall–Kier alpha value is -1.26. The first-order chi connectivity index (χ1) is 7.52. The molecule has 1 unspecified atom stereocenters. The van der Waals surface area contributed by atoms with Crippen molar-refractivity contribution in [3.63, 3.8) is 0 Å². The van der Waals surface area contributed by atoms with E-state index in [0.29, 0.717) is 12.1 Å². The molecule has 0 radical (unpaired) electrons. The van der Waals surface area contributed by atoms with Crippen LogP contribution >= 0.6 is 11.6 Å². The zero-order valence-electron chi connectivity index (χ0n) is 8.94. The third-order valence-corrected chi connectivity index (χ3v) is 2.44. The maximum absolute atomic E-state index is 11.6. The smallest absolute Gasteiger partial charge is 0.339 e. The number of aliphatic hydroxyl groups excluding tert-OH is 1. The second-order valence-corrected chi connectivity index (χ2v) is 3.86.